The molecule has 1 amide bonds. The summed E-state index contributed by atoms with van der Waals surface area (Å²) in [7, 11) is 2.19. The molecule has 0 saturated carbocycles. The van der Waals surface area contributed by atoms with Crippen molar-refractivity contribution in [2.75, 3.05) is 26.7 Å². The van der Waals surface area contributed by atoms with Gasteiger partial charge in [-0.3, -0.25) is 9.78 Å². The first kappa shape index (κ1) is 16.1. The van der Waals surface area contributed by atoms with E-state index in [1.165, 1.54) is 12.8 Å². The molecule has 1 atom stereocenters. The zero-order valence-corrected chi connectivity index (χ0v) is 14.1. The average Bonchev–Trinajstić information content (AvgIpc) is 2.62. The lowest BCUT2D eigenvalue weighted by Crippen LogP contribution is -2.45. The molecule has 0 aromatic carbocycles. The average molecular weight is 314 g/mol. The first-order chi connectivity index (χ1) is 11.1. The van der Waals surface area contributed by atoms with Gasteiger partial charge in [0.2, 0.25) is 0 Å². The second-order valence-corrected chi connectivity index (χ2v) is 6.78. The van der Waals surface area contributed by atoms with Crippen LogP contribution in [-0.2, 0) is 0 Å². The standard InChI is InChI=1S/C18H26N4O/c1-3-21(2)15-4-6-18(7-5-15)8-12-22(13-9-18)17(23)16-14-19-10-11-20-16/h4,6,10-11,14-15H,3,5,7-9,12-13H2,1-2H3. The molecule has 3 rings (SSSR count). The molecule has 1 aliphatic carbocycles. The van der Waals surface area contributed by atoms with Crippen molar-refractivity contribution in [3.05, 3.63) is 36.4 Å². The van der Waals surface area contributed by atoms with Crippen LogP contribution in [0.5, 0.6) is 0 Å². The summed E-state index contributed by atoms with van der Waals surface area (Å²) < 4.78 is 0. The lowest BCUT2D eigenvalue weighted by molar-refractivity contribution is 0.0604. The van der Waals surface area contributed by atoms with Crippen molar-refractivity contribution < 1.29 is 4.79 Å². The van der Waals surface area contributed by atoms with E-state index in [1.54, 1.807) is 18.6 Å². The zero-order valence-electron chi connectivity index (χ0n) is 14.1. The van der Waals surface area contributed by atoms with Gasteiger partial charge in [-0.05, 0) is 44.7 Å². The number of likely N-dealkylation sites (tertiary alicyclic amines) is 1. The van der Waals surface area contributed by atoms with Gasteiger partial charge in [-0.25, -0.2) is 4.98 Å². The highest BCUT2D eigenvalue weighted by Gasteiger charge is 2.36. The van der Waals surface area contributed by atoms with Crippen molar-refractivity contribution >= 4 is 5.91 Å². The van der Waals surface area contributed by atoms with Crippen molar-refractivity contribution in [3.8, 4) is 0 Å². The lowest BCUT2D eigenvalue weighted by Gasteiger charge is -2.43. The first-order valence-corrected chi connectivity index (χ1v) is 8.58. The maximum Gasteiger partial charge on any atom is 0.274 e. The van der Waals surface area contributed by atoms with Gasteiger partial charge < -0.3 is 9.80 Å². The predicted molar refractivity (Wildman–Crippen MR) is 90.1 cm³/mol. The Morgan fingerprint density at radius 1 is 1.35 bits per heavy atom. The fraction of sp³-hybridized carbons (Fsp3) is 0.611. The highest BCUT2D eigenvalue weighted by molar-refractivity contribution is 5.92. The molecular weight excluding hydrogens is 288 g/mol. The summed E-state index contributed by atoms with van der Waals surface area (Å²) in [6, 6.07) is 0.574. The van der Waals surface area contributed by atoms with E-state index in [9.17, 15) is 4.79 Å². The normalized spacial score (nSPS) is 23.4. The third kappa shape index (κ3) is 3.44. The van der Waals surface area contributed by atoms with Crippen LogP contribution in [0.15, 0.2) is 30.7 Å². The van der Waals surface area contributed by atoms with Gasteiger partial charge in [0.05, 0.1) is 6.20 Å². The fourth-order valence-electron chi connectivity index (χ4n) is 3.68. The maximum atomic E-state index is 12.4. The smallest absolute Gasteiger partial charge is 0.274 e. The van der Waals surface area contributed by atoms with E-state index in [2.05, 4.69) is 41.0 Å². The molecule has 1 saturated heterocycles. The van der Waals surface area contributed by atoms with Crippen LogP contribution in [-0.4, -0.2) is 58.4 Å². The number of allylic oxidation sites excluding steroid dienone is 1. The predicted octanol–water partition coefficient (Wildman–Crippen LogP) is 2.37. The minimum absolute atomic E-state index is 0.0105. The van der Waals surface area contributed by atoms with Crippen LogP contribution in [0.4, 0.5) is 0 Å². The zero-order chi connectivity index (χ0) is 16.3. The monoisotopic (exact) mass is 314 g/mol. The topological polar surface area (TPSA) is 49.3 Å². The molecule has 1 unspecified atom stereocenters. The van der Waals surface area contributed by atoms with Crippen LogP contribution >= 0.6 is 0 Å². The van der Waals surface area contributed by atoms with Gasteiger partial charge in [-0.2, -0.15) is 0 Å². The van der Waals surface area contributed by atoms with E-state index in [1.807, 2.05) is 4.90 Å². The highest BCUT2D eigenvalue weighted by Crippen LogP contribution is 2.41. The molecule has 1 aromatic rings. The number of nitrogens with zero attached hydrogens (tertiary/aromatic N) is 4. The number of hydrogen-bond acceptors (Lipinski definition) is 4. The molecular formula is C18H26N4O. The third-order valence-corrected chi connectivity index (χ3v) is 5.50. The Kier molecular flexibility index (Phi) is 4.76. The molecule has 0 N–H and O–H groups in total. The Morgan fingerprint density at radius 2 is 2.13 bits per heavy atom. The molecule has 1 aromatic heterocycles. The van der Waals surface area contributed by atoms with E-state index < -0.39 is 0 Å². The van der Waals surface area contributed by atoms with Crippen molar-refractivity contribution in [2.24, 2.45) is 5.41 Å². The first-order valence-electron chi connectivity index (χ1n) is 8.58. The molecule has 0 radical (unpaired) electrons. The molecule has 23 heavy (non-hydrogen) atoms. The Labute approximate surface area is 138 Å². The van der Waals surface area contributed by atoms with Crippen LogP contribution < -0.4 is 0 Å². The summed E-state index contributed by atoms with van der Waals surface area (Å²) in [5, 5.41) is 0. The van der Waals surface area contributed by atoms with Gasteiger partial charge in [0.1, 0.15) is 5.69 Å². The molecule has 2 aliphatic rings. The highest BCUT2D eigenvalue weighted by atomic mass is 16.2. The Bertz CT molecular complexity index is 564. The Morgan fingerprint density at radius 3 is 2.70 bits per heavy atom. The summed E-state index contributed by atoms with van der Waals surface area (Å²) in [6.45, 7) is 4.92. The molecule has 5 nitrogen and oxygen atoms in total. The van der Waals surface area contributed by atoms with Gasteiger partial charge in [0.25, 0.3) is 5.91 Å². The SMILES string of the molecule is CCN(C)C1C=CC2(CC1)CCN(C(=O)c1cnccn1)CC2. The van der Waals surface area contributed by atoms with Crippen LogP contribution in [0.2, 0.25) is 0 Å². The molecule has 124 valence electrons. The van der Waals surface area contributed by atoms with Gasteiger partial charge in [-0.1, -0.05) is 19.1 Å². The second kappa shape index (κ2) is 6.79. The number of piperidine rings is 1. The van der Waals surface area contributed by atoms with Crippen molar-refractivity contribution in [1.29, 1.82) is 0 Å². The van der Waals surface area contributed by atoms with Crippen LogP contribution in [0.25, 0.3) is 0 Å². The van der Waals surface area contributed by atoms with Crippen LogP contribution in [0.3, 0.4) is 0 Å². The minimum Gasteiger partial charge on any atom is -0.337 e. The number of carbonyl (C=O) groups is 1. The molecule has 5 heteroatoms. The molecule has 0 bridgehead atoms. The lowest BCUT2D eigenvalue weighted by atomic mass is 9.71. The molecule has 2 heterocycles. The number of hydrogen-bond donors (Lipinski definition) is 0. The van der Waals surface area contributed by atoms with E-state index in [0.29, 0.717) is 17.2 Å². The van der Waals surface area contributed by atoms with E-state index in [4.69, 9.17) is 0 Å². The molecule has 1 aliphatic heterocycles. The van der Waals surface area contributed by atoms with Crippen molar-refractivity contribution in [1.82, 2.24) is 19.8 Å². The van der Waals surface area contributed by atoms with Gasteiger partial charge in [0, 0.05) is 31.5 Å². The molecule has 1 spiro atoms. The van der Waals surface area contributed by atoms with Crippen LogP contribution in [0, 0.1) is 5.41 Å². The number of rotatable bonds is 3. The van der Waals surface area contributed by atoms with Gasteiger partial charge in [0.15, 0.2) is 0 Å². The molecule has 1 fully saturated rings. The Hall–Kier alpha value is -1.75. The minimum atomic E-state index is 0.0105. The maximum absolute atomic E-state index is 12.4. The number of aromatic nitrogens is 2. The number of likely N-dealkylation sites (N-methyl/N-ethyl adjacent to an activating group) is 1. The van der Waals surface area contributed by atoms with Crippen molar-refractivity contribution in [3.63, 3.8) is 0 Å². The number of carbonyl (C=O) groups excluding carboxylic acids is 1. The summed E-state index contributed by atoms with van der Waals surface area (Å²) in [5.74, 6) is 0.0105. The van der Waals surface area contributed by atoms with E-state index in [0.717, 1.165) is 32.5 Å². The Balaban J connectivity index is 1.60. The van der Waals surface area contributed by atoms with Crippen molar-refractivity contribution in [2.45, 2.75) is 38.6 Å². The van der Waals surface area contributed by atoms with E-state index >= 15 is 0 Å². The van der Waals surface area contributed by atoms with Gasteiger partial charge in [-0.15, -0.1) is 0 Å². The van der Waals surface area contributed by atoms with E-state index in [-0.39, 0.29) is 5.91 Å². The quantitative estimate of drug-likeness (QED) is 0.804. The fourth-order valence-corrected chi connectivity index (χ4v) is 3.68. The number of amides is 1. The summed E-state index contributed by atoms with van der Waals surface area (Å²) >= 11 is 0. The third-order valence-electron chi connectivity index (χ3n) is 5.50. The summed E-state index contributed by atoms with van der Waals surface area (Å²) in [4.78, 5) is 24.9. The van der Waals surface area contributed by atoms with Crippen LogP contribution in [0.1, 0.15) is 43.1 Å². The summed E-state index contributed by atoms with van der Waals surface area (Å²) in [5.41, 5.74) is 0.747. The summed E-state index contributed by atoms with van der Waals surface area (Å²) in [6.07, 6.45) is 14.1. The second-order valence-electron chi connectivity index (χ2n) is 6.78. The largest absolute Gasteiger partial charge is 0.337 e. The van der Waals surface area contributed by atoms with Gasteiger partial charge >= 0.3 is 0 Å².